The van der Waals surface area contributed by atoms with Crippen LogP contribution < -0.4 is 10.6 Å². The summed E-state index contributed by atoms with van der Waals surface area (Å²) in [5, 5.41) is 7.81. The Morgan fingerprint density at radius 2 is 2.43 bits per heavy atom. The summed E-state index contributed by atoms with van der Waals surface area (Å²) in [6.45, 7) is 2.65. The van der Waals surface area contributed by atoms with Crippen molar-refractivity contribution in [2.45, 2.75) is 13.3 Å². The lowest BCUT2D eigenvalue weighted by molar-refractivity contribution is -0.119. The minimum Gasteiger partial charge on any atom is -0.363 e. The monoisotopic (exact) mass is 228 g/mol. The number of carbonyl (C=O) groups is 1. The summed E-state index contributed by atoms with van der Waals surface area (Å²) < 4.78 is 0. The van der Waals surface area contributed by atoms with Crippen molar-refractivity contribution in [3.63, 3.8) is 0 Å². The Hall–Kier alpha value is -0.940. The smallest absolute Gasteiger partial charge is 0.231 e. The van der Waals surface area contributed by atoms with E-state index in [1.54, 1.807) is 11.3 Å². The highest BCUT2D eigenvalue weighted by Gasteiger charge is 2.05. The number of rotatable bonds is 3. The average molecular weight is 228 g/mol. The SMILES string of the molecule is CCNC(=S)NC(=O)Cc1cccs1. The topological polar surface area (TPSA) is 41.1 Å². The van der Waals surface area contributed by atoms with Gasteiger partial charge in [0, 0.05) is 11.4 Å². The summed E-state index contributed by atoms with van der Waals surface area (Å²) in [6.07, 6.45) is 0.392. The Morgan fingerprint density at radius 3 is 3.00 bits per heavy atom. The van der Waals surface area contributed by atoms with Crippen LogP contribution in [0.5, 0.6) is 0 Å². The molecule has 0 radical (unpaired) electrons. The molecule has 0 saturated heterocycles. The maximum Gasteiger partial charge on any atom is 0.231 e. The van der Waals surface area contributed by atoms with Gasteiger partial charge in [0.2, 0.25) is 5.91 Å². The molecule has 0 aliphatic rings. The molecule has 14 heavy (non-hydrogen) atoms. The third kappa shape index (κ3) is 3.85. The average Bonchev–Trinajstić information content (AvgIpc) is 2.56. The molecule has 0 fully saturated rings. The molecule has 0 atom stereocenters. The number of hydrogen-bond donors (Lipinski definition) is 2. The van der Waals surface area contributed by atoms with Crippen molar-refractivity contribution >= 4 is 34.6 Å². The molecule has 0 aromatic carbocycles. The molecule has 0 saturated carbocycles. The highest BCUT2D eigenvalue weighted by Crippen LogP contribution is 2.08. The van der Waals surface area contributed by atoms with Gasteiger partial charge in [0.05, 0.1) is 6.42 Å². The van der Waals surface area contributed by atoms with Crippen molar-refractivity contribution in [3.8, 4) is 0 Å². The largest absolute Gasteiger partial charge is 0.363 e. The summed E-state index contributed by atoms with van der Waals surface area (Å²) >= 11 is 6.45. The molecule has 1 amide bonds. The summed E-state index contributed by atoms with van der Waals surface area (Å²) in [6, 6.07) is 3.86. The Morgan fingerprint density at radius 1 is 1.64 bits per heavy atom. The summed E-state index contributed by atoms with van der Waals surface area (Å²) in [4.78, 5) is 12.4. The minimum atomic E-state index is -0.0709. The van der Waals surface area contributed by atoms with E-state index in [9.17, 15) is 4.79 Å². The van der Waals surface area contributed by atoms with Crippen molar-refractivity contribution in [1.29, 1.82) is 0 Å². The van der Waals surface area contributed by atoms with Crippen molar-refractivity contribution < 1.29 is 4.79 Å². The van der Waals surface area contributed by atoms with E-state index in [0.717, 1.165) is 11.4 Å². The zero-order valence-corrected chi connectivity index (χ0v) is 9.50. The van der Waals surface area contributed by atoms with Crippen LogP contribution in [0.25, 0.3) is 0 Å². The zero-order chi connectivity index (χ0) is 10.4. The summed E-state index contributed by atoms with van der Waals surface area (Å²) in [5.74, 6) is -0.0709. The van der Waals surface area contributed by atoms with Gasteiger partial charge in [0.15, 0.2) is 5.11 Å². The second-order valence-corrected chi connectivity index (χ2v) is 4.10. The Kier molecular flexibility index (Phi) is 4.55. The van der Waals surface area contributed by atoms with Crippen LogP contribution in [0.1, 0.15) is 11.8 Å². The van der Waals surface area contributed by atoms with Gasteiger partial charge in [-0.05, 0) is 30.6 Å². The first-order valence-corrected chi connectivity index (χ1v) is 5.61. The maximum atomic E-state index is 11.4. The summed E-state index contributed by atoms with van der Waals surface area (Å²) in [7, 11) is 0. The molecule has 0 aliphatic carbocycles. The lowest BCUT2D eigenvalue weighted by atomic mass is 10.3. The molecule has 2 N–H and O–H groups in total. The van der Waals surface area contributed by atoms with E-state index in [-0.39, 0.29) is 5.91 Å². The predicted octanol–water partition coefficient (Wildman–Crippen LogP) is 1.30. The van der Waals surface area contributed by atoms with Gasteiger partial charge < -0.3 is 10.6 Å². The fourth-order valence-corrected chi connectivity index (χ4v) is 1.91. The maximum absolute atomic E-state index is 11.4. The second-order valence-electron chi connectivity index (χ2n) is 2.66. The predicted molar refractivity (Wildman–Crippen MR) is 62.4 cm³/mol. The number of nitrogens with one attached hydrogen (secondary N) is 2. The first-order valence-electron chi connectivity index (χ1n) is 4.32. The molecular formula is C9H12N2OS2. The molecule has 0 aliphatic heterocycles. The van der Waals surface area contributed by atoms with Gasteiger partial charge in [-0.2, -0.15) is 0 Å². The lowest BCUT2D eigenvalue weighted by Gasteiger charge is -2.06. The van der Waals surface area contributed by atoms with Crippen LogP contribution in [0, 0.1) is 0 Å². The number of hydrogen-bond acceptors (Lipinski definition) is 3. The molecule has 1 rings (SSSR count). The van der Waals surface area contributed by atoms with Crippen molar-refractivity contribution in [3.05, 3.63) is 22.4 Å². The molecule has 1 aromatic heterocycles. The van der Waals surface area contributed by atoms with Gasteiger partial charge in [-0.1, -0.05) is 6.07 Å². The molecule has 0 unspecified atom stereocenters. The Bertz CT molecular complexity index is 309. The van der Waals surface area contributed by atoms with Crippen molar-refractivity contribution in [2.75, 3.05) is 6.54 Å². The van der Waals surface area contributed by atoms with E-state index in [1.807, 2.05) is 24.4 Å². The van der Waals surface area contributed by atoms with Crippen LogP contribution >= 0.6 is 23.6 Å². The Labute approximate surface area is 92.5 Å². The highest BCUT2D eigenvalue weighted by molar-refractivity contribution is 7.80. The molecular weight excluding hydrogens is 216 g/mol. The molecule has 76 valence electrons. The first-order chi connectivity index (χ1) is 6.72. The molecule has 0 spiro atoms. The van der Waals surface area contributed by atoms with E-state index < -0.39 is 0 Å². The quantitative estimate of drug-likeness (QED) is 0.766. The van der Waals surface area contributed by atoms with Gasteiger partial charge >= 0.3 is 0 Å². The van der Waals surface area contributed by atoms with Crippen LogP contribution in [0.2, 0.25) is 0 Å². The zero-order valence-electron chi connectivity index (χ0n) is 7.87. The molecule has 3 nitrogen and oxygen atoms in total. The summed E-state index contributed by atoms with van der Waals surface area (Å²) in [5.41, 5.74) is 0. The normalized spacial score (nSPS) is 9.50. The van der Waals surface area contributed by atoms with E-state index >= 15 is 0 Å². The third-order valence-corrected chi connectivity index (χ3v) is 2.63. The van der Waals surface area contributed by atoms with Gasteiger partial charge in [0.25, 0.3) is 0 Å². The van der Waals surface area contributed by atoms with Crippen molar-refractivity contribution in [1.82, 2.24) is 10.6 Å². The fourth-order valence-electron chi connectivity index (χ4n) is 0.947. The molecule has 1 heterocycles. The minimum absolute atomic E-state index is 0.0709. The van der Waals surface area contributed by atoms with Crippen molar-refractivity contribution in [2.24, 2.45) is 0 Å². The lowest BCUT2D eigenvalue weighted by Crippen LogP contribution is -2.39. The molecule has 5 heteroatoms. The number of thiocarbonyl (C=S) groups is 1. The number of thiophene rings is 1. The van der Waals surface area contributed by atoms with Crippen LogP contribution in [0.15, 0.2) is 17.5 Å². The first kappa shape index (κ1) is 11.1. The molecule has 0 bridgehead atoms. The number of amides is 1. The van der Waals surface area contributed by atoms with Crippen LogP contribution in [0.4, 0.5) is 0 Å². The van der Waals surface area contributed by atoms with E-state index in [1.165, 1.54) is 0 Å². The van der Waals surface area contributed by atoms with E-state index in [4.69, 9.17) is 12.2 Å². The third-order valence-electron chi connectivity index (χ3n) is 1.51. The van der Waals surface area contributed by atoms with E-state index in [2.05, 4.69) is 10.6 Å². The van der Waals surface area contributed by atoms with Crippen LogP contribution in [-0.2, 0) is 11.2 Å². The molecule has 1 aromatic rings. The van der Waals surface area contributed by atoms with E-state index in [0.29, 0.717) is 11.5 Å². The van der Waals surface area contributed by atoms with Crippen LogP contribution in [-0.4, -0.2) is 17.6 Å². The van der Waals surface area contributed by atoms with Gasteiger partial charge in [-0.25, -0.2) is 0 Å². The fraction of sp³-hybridized carbons (Fsp3) is 0.333. The Balaban J connectivity index is 2.33. The van der Waals surface area contributed by atoms with Crippen LogP contribution in [0.3, 0.4) is 0 Å². The number of carbonyl (C=O) groups excluding carboxylic acids is 1. The van der Waals surface area contributed by atoms with Gasteiger partial charge in [0.1, 0.15) is 0 Å². The van der Waals surface area contributed by atoms with Gasteiger partial charge in [-0.3, -0.25) is 4.79 Å². The standard InChI is InChI=1S/C9H12N2OS2/c1-2-10-9(13)11-8(12)6-7-4-3-5-14-7/h3-5H,2,6H2,1H3,(H2,10,11,12,13). The van der Waals surface area contributed by atoms with Gasteiger partial charge in [-0.15, -0.1) is 11.3 Å². The highest BCUT2D eigenvalue weighted by atomic mass is 32.1. The second kappa shape index (κ2) is 5.72.